The number of esters is 1. The fourth-order valence-corrected chi connectivity index (χ4v) is 5.11. The van der Waals surface area contributed by atoms with Crippen LogP contribution >= 0.6 is 11.6 Å². The number of halogens is 1. The van der Waals surface area contributed by atoms with E-state index in [0.717, 1.165) is 0 Å². The maximum atomic E-state index is 12.9. The van der Waals surface area contributed by atoms with Crippen molar-refractivity contribution in [1.82, 2.24) is 4.31 Å². The fourth-order valence-electron chi connectivity index (χ4n) is 3.33. The maximum absolute atomic E-state index is 12.9. The molecule has 0 spiro atoms. The molecule has 9 heteroatoms. The summed E-state index contributed by atoms with van der Waals surface area (Å²) in [5.74, 6) is -0.0165. The van der Waals surface area contributed by atoms with Crippen molar-refractivity contribution in [2.75, 3.05) is 20.2 Å². The summed E-state index contributed by atoms with van der Waals surface area (Å²) in [6, 6.07) is 10.7. The molecule has 0 radical (unpaired) electrons. The van der Waals surface area contributed by atoms with Gasteiger partial charge in [0.2, 0.25) is 10.0 Å². The number of hydrogen-bond donors (Lipinski definition) is 0. The average molecular weight is 454 g/mol. The lowest BCUT2D eigenvalue weighted by Crippen LogP contribution is -2.48. The Hall–Kier alpha value is -2.13. The van der Waals surface area contributed by atoms with Crippen LogP contribution in [0.1, 0.15) is 29.8 Å². The normalized spacial score (nSPS) is 20.0. The Balaban J connectivity index is 1.69. The highest BCUT2D eigenvalue weighted by Gasteiger charge is 2.32. The third kappa shape index (κ3) is 5.13. The highest BCUT2D eigenvalue weighted by atomic mass is 35.5. The van der Waals surface area contributed by atoms with E-state index in [2.05, 4.69) is 0 Å². The van der Waals surface area contributed by atoms with E-state index in [9.17, 15) is 13.2 Å². The highest BCUT2D eigenvalue weighted by molar-refractivity contribution is 7.89. The number of ether oxygens (including phenoxy) is 3. The molecule has 0 bridgehead atoms. The Kier molecular flexibility index (Phi) is 7.02. The molecule has 7 nitrogen and oxygen atoms in total. The number of sulfonamides is 1. The molecule has 1 saturated heterocycles. The molecule has 2 aromatic carbocycles. The molecular formula is C21H24ClNO6S. The van der Waals surface area contributed by atoms with Crippen LogP contribution < -0.4 is 4.74 Å². The van der Waals surface area contributed by atoms with E-state index in [1.165, 1.54) is 35.7 Å². The lowest BCUT2D eigenvalue weighted by Gasteiger charge is -2.34. The van der Waals surface area contributed by atoms with Crippen molar-refractivity contribution in [2.45, 2.75) is 37.6 Å². The minimum atomic E-state index is -3.67. The number of benzene rings is 2. The van der Waals surface area contributed by atoms with Crippen molar-refractivity contribution >= 4 is 27.6 Å². The largest absolute Gasteiger partial charge is 0.496 e. The van der Waals surface area contributed by atoms with E-state index in [4.69, 9.17) is 25.8 Å². The van der Waals surface area contributed by atoms with Crippen molar-refractivity contribution < 1.29 is 27.4 Å². The van der Waals surface area contributed by atoms with Crippen LogP contribution in [-0.2, 0) is 26.1 Å². The van der Waals surface area contributed by atoms with Gasteiger partial charge in [0.15, 0.2) is 0 Å². The van der Waals surface area contributed by atoms with Gasteiger partial charge in [-0.1, -0.05) is 11.6 Å². The number of nitrogens with zero attached hydrogens (tertiary/aromatic N) is 1. The summed E-state index contributed by atoms with van der Waals surface area (Å²) in [5.41, 5.74) is 0.881. The number of hydrogen-bond acceptors (Lipinski definition) is 6. The molecular weight excluding hydrogens is 430 g/mol. The summed E-state index contributed by atoms with van der Waals surface area (Å²) in [6.07, 6.45) is -0.359. The minimum absolute atomic E-state index is 0.0217. The van der Waals surface area contributed by atoms with Gasteiger partial charge in [-0.2, -0.15) is 4.31 Å². The zero-order chi connectivity index (χ0) is 21.9. The van der Waals surface area contributed by atoms with Gasteiger partial charge in [0, 0.05) is 23.7 Å². The third-order valence-corrected chi connectivity index (χ3v) is 6.80. The lowest BCUT2D eigenvalue weighted by atomic mass is 10.2. The highest BCUT2D eigenvalue weighted by Crippen LogP contribution is 2.24. The summed E-state index contributed by atoms with van der Waals surface area (Å²) in [5, 5.41) is 0.503. The number of carbonyl (C=O) groups excluding carboxylic acids is 1. The van der Waals surface area contributed by atoms with Crippen molar-refractivity contribution in [3.63, 3.8) is 0 Å². The van der Waals surface area contributed by atoms with Crippen LogP contribution in [0.4, 0.5) is 0 Å². The quantitative estimate of drug-likeness (QED) is 0.622. The Bertz CT molecular complexity index is 999. The van der Waals surface area contributed by atoms with Gasteiger partial charge in [0.25, 0.3) is 0 Å². The predicted octanol–water partition coefficient (Wildman–Crippen LogP) is 3.50. The molecule has 0 aromatic heterocycles. The zero-order valence-corrected chi connectivity index (χ0v) is 18.6. The number of rotatable bonds is 6. The average Bonchev–Trinajstić information content (AvgIpc) is 2.71. The lowest BCUT2D eigenvalue weighted by molar-refractivity contribution is -0.0440. The summed E-state index contributed by atoms with van der Waals surface area (Å²) in [4.78, 5) is 12.5. The van der Waals surface area contributed by atoms with Crippen LogP contribution in [0.2, 0.25) is 5.02 Å². The molecule has 30 heavy (non-hydrogen) atoms. The summed E-state index contributed by atoms with van der Waals surface area (Å²) in [7, 11) is -2.15. The first-order valence-electron chi connectivity index (χ1n) is 9.46. The van der Waals surface area contributed by atoms with Crippen molar-refractivity contribution in [3.05, 3.63) is 58.6 Å². The molecule has 1 heterocycles. The standard InChI is InChI=1S/C21H24ClNO6S/c1-14-11-23(12-15(2)29-14)30(25,26)19-7-4-16(5-8-19)21(24)28-13-17-10-18(22)6-9-20(17)27-3/h4-10,14-15H,11-13H2,1-3H3. The second-order valence-electron chi connectivity index (χ2n) is 7.14. The first kappa shape index (κ1) is 22.6. The molecule has 2 unspecified atom stereocenters. The van der Waals surface area contributed by atoms with E-state index in [-0.39, 0.29) is 42.4 Å². The van der Waals surface area contributed by atoms with Crippen molar-refractivity contribution in [3.8, 4) is 5.75 Å². The fraction of sp³-hybridized carbons (Fsp3) is 0.381. The molecule has 0 aliphatic carbocycles. The van der Waals surface area contributed by atoms with E-state index < -0.39 is 16.0 Å². The van der Waals surface area contributed by atoms with E-state index in [0.29, 0.717) is 16.3 Å². The smallest absolute Gasteiger partial charge is 0.338 e. The van der Waals surface area contributed by atoms with Crippen LogP contribution in [0.3, 0.4) is 0 Å². The van der Waals surface area contributed by atoms with E-state index in [1.807, 2.05) is 13.8 Å². The van der Waals surface area contributed by atoms with Gasteiger partial charge in [-0.05, 0) is 56.3 Å². The SMILES string of the molecule is COc1ccc(Cl)cc1COC(=O)c1ccc(S(=O)(=O)N2CC(C)OC(C)C2)cc1. The minimum Gasteiger partial charge on any atom is -0.496 e. The monoisotopic (exact) mass is 453 g/mol. The van der Waals surface area contributed by atoms with Gasteiger partial charge in [0.1, 0.15) is 12.4 Å². The molecule has 1 fully saturated rings. The third-order valence-electron chi connectivity index (χ3n) is 4.72. The Morgan fingerprint density at radius 2 is 1.77 bits per heavy atom. The van der Waals surface area contributed by atoms with Crippen LogP contribution in [0.25, 0.3) is 0 Å². The van der Waals surface area contributed by atoms with Gasteiger partial charge < -0.3 is 14.2 Å². The molecule has 0 amide bonds. The molecule has 0 saturated carbocycles. The molecule has 2 aromatic rings. The van der Waals surface area contributed by atoms with Gasteiger partial charge >= 0.3 is 5.97 Å². The zero-order valence-electron chi connectivity index (χ0n) is 17.0. The molecule has 1 aliphatic heterocycles. The number of morpholine rings is 1. The van der Waals surface area contributed by atoms with E-state index in [1.54, 1.807) is 18.2 Å². The second-order valence-corrected chi connectivity index (χ2v) is 9.51. The molecule has 2 atom stereocenters. The summed E-state index contributed by atoms with van der Waals surface area (Å²) >= 11 is 5.98. The maximum Gasteiger partial charge on any atom is 0.338 e. The van der Waals surface area contributed by atoms with Crippen molar-refractivity contribution in [1.29, 1.82) is 0 Å². The van der Waals surface area contributed by atoms with Gasteiger partial charge in [-0.25, -0.2) is 13.2 Å². The van der Waals surface area contributed by atoms with Crippen LogP contribution in [-0.4, -0.2) is 51.1 Å². The molecule has 1 aliphatic rings. The van der Waals surface area contributed by atoms with Crippen LogP contribution in [0.15, 0.2) is 47.4 Å². The Morgan fingerprint density at radius 3 is 2.37 bits per heavy atom. The Morgan fingerprint density at radius 1 is 1.13 bits per heavy atom. The summed E-state index contributed by atoms with van der Waals surface area (Å²) in [6.45, 7) is 4.24. The molecule has 3 rings (SSSR count). The second kappa shape index (κ2) is 9.34. The van der Waals surface area contributed by atoms with Crippen LogP contribution in [0, 0.1) is 0 Å². The van der Waals surface area contributed by atoms with Crippen LogP contribution in [0.5, 0.6) is 5.75 Å². The first-order chi connectivity index (χ1) is 14.2. The summed E-state index contributed by atoms with van der Waals surface area (Å²) < 4.78 is 43.4. The van der Waals surface area contributed by atoms with Gasteiger partial charge in [-0.3, -0.25) is 0 Å². The van der Waals surface area contributed by atoms with Crippen molar-refractivity contribution in [2.24, 2.45) is 0 Å². The van der Waals surface area contributed by atoms with Gasteiger partial charge in [-0.15, -0.1) is 0 Å². The number of methoxy groups -OCH3 is 1. The molecule has 162 valence electrons. The first-order valence-corrected chi connectivity index (χ1v) is 11.3. The Labute approximate surface area is 181 Å². The predicted molar refractivity (Wildman–Crippen MR) is 112 cm³/mol. The number of carbonyl (C=O) groups is 1. The topological polar surface area (TPSA) is 82.1 Å². The van der Waals surface area contributed by atoms with Gasteiger partial charge in [0.05, 0.1) is 29.8 Å². The van der Waals surface area contributed by atoms with E-state index >= 15 is 0 Å². The molecule has 0 N–H and O–H groups in total.